The molecule has 8 rings (SSSR count). The van der Waals surface area contributed by atoms with Crippen molar-refractivity contribution in [1.82, 2.24) is 30.1 Å². The molecule has 0 unspecified atom stereocenters. The van der Waals surface area contributed by atoms with E-state index in [1.54, 1.807) is 13.2 Å². The quantitative estimate of drug-likeness (QED) is 0.433. The molecular formula is C24H28FN7O4. The van der Waals surface area contributed by atoms with Crippen molar-refractivity contribution in [2.45, 2.75) is 68.5 Å². The zero-order chi connectivity index (χ0) is 24.4. The first kappa shape index (κ1) is 22.0. The molecule has 2 bridgehead atoms. The molecule has 5 fully saturated rings. The number of hydrogen-bond acceptors (Lipinski definition) is 8. The number of aromatic nitrogens is 5. The lowest BCUT2D eigenvalue weighted by Crippen LogP contribution is -2.68. The summed E-state index contributed by atoms with van der Waals surface area (Å²) >= 11 is 0. The first-order valence-corrected chi connectivity index (χ1v) is 12.4. The molecule has 1 aliphatic heterocycles. The third-order valence-electron chi connectivity index (χ3n) is 7.71. The number of rotatable bonds is 8. The fourth-order valence-corrected chi connectivity index (χ4v) is 5.57. The third kappa shape index (κ3) is 3.79. The van der Waals surface area contributed by atoms with E-state index >= 15 is 4.39 Å². The summed E-state index contributed by atoms with van der Waals surface area (Å²) in [6.45, 7) is 0.381. The molecule has 4 saturated carbocycles. The molecule has 1 amide bonds. The van der Waals surface area contributed by atoms with Crippen LogP contribution < -0.4 is 10.6 Å². The Labute approximate surface area is 206 Å². The van der Waals surface area contributed by atoms with Crippen LogP contribution in [0.5, 0.6) is 0 Å². The number of aromatic amines is 1. The van der Waals surface area contributed by atoms with E-state index in [2.05, 4.69) is 25.9 Å². The van der Waals surface area contributed by atoms with Gasteiger partial charge < -0.3 is 24.8 Å². The number of hydrogen-bond donors (Lipinski definition) is 3. The highest BCUT2D eigenvalue weighted by atomic mass is 19.1. The van der Waals surface area contributed by atoms with Crippen molar-refractivity contribution in [1.29, 1.82) is 0 Å². The Morgan fingerprint density at radius 3 is 2.89 bits per heavy atom. The van der Waals surface area contributed by atoms with E-state index in [1.807, 2.05) is 16.8 Å². The van der Waals surface area contributed by atoms with E-state index in [0.29, 0.717) is 29.9 Å². The second kappa shape index (κ2) is 8.13. The van der Waals surface area contributed by atoms with Gasteiger partial charge >= 0.3 is 6.09 Å². The number of alkyl halides is 1. The van der Waals surface area contributed by atoms with Crippen molar-refractivity contribution in [2.75, 3.05) is 19.0 Å². The molecule has 190 valence electrons. The van der Waals surface area contributed by atoms with Crippen LogP contribution >= 0.6 is 0 Å². The first-order chi connectivity index (χ1) is 17.5. The monoisotopic (exact) mass is 497 g/mol. The number of anilines is 2. The predicted octanol–water partition coefficient (Wildman–Crippen LogP) is 3.28. The fourth-order valence-electron chi connectivity index (χ4n) is 5.57. The highest BCUT2D eigenvalue weighted by molar-refractivity contribution is 5.73. The topological polar surface area (TPSA) is 128 Å². The van der Waals surface area contributed by atoms with Crippen LogP contribution in [0.1, 0.15) is 61.2 Å². The minimum absolute atomic E-state index is 0.0135. The van der Waals surface area contributed by atoms with Gasteiger partial charge in [-0.3, -0.25) is 5.10 Å². The molecular weight excluding hydrogens is 469 g/mol. The van der Waals surface area contributed by atoms with E-state index in [4.69, 9.17) is 19.2 Å². The van der Waals surface area contributed by atoms with Gasteiger partial charge in [0.25, 0.3) is 0 Å². The zero-order valence-corrected chi connectivity index (χ0v) is 19.9. The molecule has 36 heavy (non-hydrogen) atoms. The lowest BCUT2D eigenvalue weighted by Gasteiger charge is -2.61. The predicted molar refractivity (Wildman–Crippen MR) is 125 cm³/mol. The minimum Gasteiger partial charge on any atom is -0.441 e. The normalized spacial score (nSPS) is 30.6. The molecule has 0 aromatic carbocycles. The number of alkyl carbamates (subject to hydrolysis) is 1. The lowest BCUT2D eigenvalue weighted by atomic mass is 9.50. The average molecular weight is 498 g/mol. The van der Waals surface area contributed by atoms with Crippen molar-refractivity contribution in [3.05, 3.63) is 35.4 Å². The van der Waals surface area contributed by atoms with Gasteiger partial charge in [0, 0.05) is 24.6 Å². The lowest BCUT2D eigenvalue weighted by molar-refractivity contribution is -0.0528. The number of amides is 1. The first-order valence-electron chi connectivity index (χ1n) is 12.4. The maximum absolute atomic E-state index is 15.2. The van der Waals surface area contributed by atoms with E-state index in [-0.39, 0.29) is 12.1 Å². The summed E-state index contributed by atoms with van der Waals surface area (Å²) in [5.41, 5.74) is 2.89. The summed E-state index contributed by atoms with van der Waals surface area (Å²) < 4.78 is 33.2. The van der Waals surface area contributed by atoms with Crippen LogP contribution in [0.15, 0.2) is 18.3 Å². The third-order valence-corrected chi connectivity index (χ3v) is 7.71. The second-order valence-electron chi connectivity index (χ2n) is 10.5. The molecule has 0 spiro atoms. The van der Waals surface area contributed by atoms with Crippen molar-refractivity contribution < 1.29 is 23.4 Å². The summed E-state index contributed by atoms with van der Waals surface area (Å²) in [6, 6.07) is 3.61. The maximum Gasteiger partial charge on any atom is 0.408 e. The number of H-pyrrole nitrogens is 1. The van der Waals surface area contributed by atoms with E-state index in [9.17, 15) is 4.79 Å². The number of carbonyl (C=O) groups is 1. The van der Waals surface area contributed by atoms with E-state index in [1.165, 1.54) is 0 Å². The van der Waals surface area contributed by atoms with Crippen LogP contribution in [0.3, 0.4) is 0 Å². The number of methoxy groups -OCH3 is 1. The van der Waals surface area contributed by atoms with Gasteiger partial charge in [0.2, 0.25) is 0 Å². The second-order valence-corrected chi connectivity index (χ2v) is 10.5. The molecule has 12 heteroatoms. The maximum atomic E-state index is 15.2. The van der Waals surface area contributed by atoms with Crippen LogP contribution in [0.2, 0.25) is 0 Å². The molecule has 3 aromatic heterocycles. The molecule has 11 nitrogen and oxygen atoms in total. The summed E-state index contributed by atoms with van der Waals surface area (Å²) in [5, 5.41) is 17.9. The Morgan fingerprint density at radius 1 is 1.33 bits per heavy atom. The summed E-state index contributed by atoms with van der Waals surface area (Å²) in [6.07, 6.45) is 3.19. The molecule has 4 heterocycles. The molecule has 5 aliphatic rings. The largest absolute Gasteiger partial charge is 0.441 e. The fraction of sp³-hybridized carbons (Fsp3) is 0.583. The van der Waals surface area contributed by atoms with Gasteiger partial charge in [-0.25, -0.2) is 18.7 Å². The van der Waals surface area contributed by atoms with E-state index in [0.717, 1.165) is 54.9 Å². The van der Waals surface area contributed by atoms with Crippen molar-refractivity contribution in [3.8, 4) is 0 Å². The smallest absolute Gasteiger partial charge is 0.408 e. The Morgan fingerprint density at radius 2 is 2.17 bits per heavy atom. The Bertz CT molecular complexity index is 1300. The molecule has 4 aliphatic carbocycles. The van der Waals surface area contributed by atoms with Gasteiger partial charge in [-0.15, -0.1) is 0 Å². The minimum atomic E-state index is -1.51. The van der Waals surface area contributed by atoms with Gasteiger partial charge in [0.05, 0.1) is 36.5 Å². The number of fused-ring (bicyclic) bond motifs is 1. The molecule has 3 N–H and O–H groups in total. The van der Waals surface area contributed by atoms with Crippen LogP contribution in [0.25, 0.3) is 5.52 Å². The number of halogens is 1. The molecule has 1 saturated heterocycles. The SMILES string of the molecule is COCc1cc2c(Nc3cc([C@H]4OC[C@@H](OC(=O)NC56CC(C5)C6)[C@@H]4F)[nH]n3)nc(C3CC3)cn2n1. The van der Waals surface area contributed by atoms with Crippen molar-refractivity contribution >= 4 is 23.2 Å². The standard InChI is InChI=1S/C24H28FN7O4/c1-34-10-14-4-17-22(26-16(13-2-3-13)9-32(17)31-14)27-19-5-15(29-30-19)21-20(25)18(11-35-21)36-23(33)28-24-6-12(7-24)8-24/h4-5,9,12-13,18,20-21H,2-3,6-8,10-11H2,1H3,(H,28,33)(H2,26,27,29,30)/t12?,18-,20+,21-,24?/m1/s1. The van der Waals surface area contributed by atoms with Gasteiger partial charge in [-0.2, -0.15) is 10.2 Å². The Balaban J connectivity index is 1.05. The summed E-state index contributed by atoms with van der Waals surface area (Å²) in [4.78, 5) is 17.1. The zero-order valence-electron chi connectivity index (χ0n) is 19.9. The van der Waals surface area contributed by atoms with Crippen LogP contribution in [-0.4, -0.2) is 62.4 Å². The van der Waals surface area contributed by atoms with Crippen LogP contribution in [-0.2, 0) is 20.8 Å². The number of nitrogens with one attached hydrogen (secondary N) is 3. The highest BCUT2D eigenvalue weighted by Gasteiger charge is 2.58. The van der Waals surface area contributed by atoms with Crippen LogP contribution in [0.4, 0.5) is 20.8 Å². The molecule has 0 radical (unpaired) electrons. The van der Waals surface area contributed by atoms with E-state index < -0.39 is 24.5 Å². The van der Waals surface area contributed by atoms with Gasteiger partial charge in [0.1, 0.15) is 11.6 Å². The number of carbonyl (C=O) groups excluding carboxylic acids is 1. The van der Waals surface area contributed by atoms with Gasteiger partial charge in [-0.1, -0.05) is 0 Å². The number of ether oxygens (including phenoxy) is 3. The summed E-state index contributed by atoms with van der Waals surface area (Å²) in [5.74, 6) is 2.25. The Kier molecular flexibility index (Phi) is 4.97. The van der Waals surface area contributed by atoms with Crippen molar-refractivity contribution in [3.63, 3.8) is 0 Å². The summed E-state index contributed by atoms with van der Waals surface area (Å²) in [7, 11) is 1.63. The average Bonchev–Trinajstić information content (AvgIpc) is 3.26. The number of nitrogens with zero attached hydrogens (tertiary/aromatic N) is 4. The Hall–Kier alpha value is -3.25. The van der Waals surface area contributed by atoms with Gasteiger partial charge in [-0.05, 0) is 44.1 Å². The highest BCUT2D eigenvalue weighted by Crippen LogP contribution is 2.57. The van der Waals surface area contributed by atoms with Gasteiger partial charge in [0.15, 0.2) is 23.9 Å². The van der Waals surface area contributed by atoms with Crippen LogP contribution in [0, 0.1) is 5.92 Å². The molecule has 3 atom stereocenters. The van der Waals surface area contributed by atoms with Crippen molar-refractivity contribution in [2.24, 2.45) is 5.92 Å². The molecule has 3 aromatic rings.